The largest absolute Gasteiger partial charge is 0.481 e. The van der Waals surface area contributed by atoms with Crippen LogP contribution in [0.3, 0.4) is 0 Å². The number of rotatable bonds is 10. The molecule has 0 bridgehead atoms. The molecule has 0 heterocycles. The number of hydrogen-bond acceptors (Lipinski definition) is 3. The van der Waals surface area contributed by atoms with Gasteiger partial charge in [-0.15, -0.1) is 0 Å². The fourth-order valence-electron chi connectivity index (χ4n) is 1.73. The minimum atomic E-state index is -0.799. The van der Waals surface area contributed by atoms with Crippen LogP contribution < -0.4 is 5.32 Å². The van der Waals surface area contributed by atoms with Gasteiger partial charge in [0.15, 0.2) is 0 Å². The maximum absolute atomic E-state index is 11.4. The van der Waals surface area contributed by atoms with E-state index < -0.39 is 17.7 Å². The summed E-state index contributed by atoms with van der Waals surface area (Å²) >= 11 is 0. The summed E-state index contributed by atoms with van der Waals surface area (Å²) in [6.45, 7) is 3.67. The van der Waals surface area contributed by atoms with E-state index in [0.717, 1.165) is 25.7 Å². The molecule has 0 aliphatic carbocycles. The molecule has 0 saturated heterocycles. The molecule has 1 atom stereocenters. The van der Waals surface area contributed by atoms with Crippen LogP contribution in [0.1, 0.15) is 58.8 Å². The summed E-state index contributed by atoms with van der Waals surface area (Å²) in [5.74, 6) is -1.72. The lowest BCUT2D eigenvalue weighted by Crippen LogP contribution is -2.39. The molecule has 0 rings (SSSR count). The number of Topliss-reactive ketones (excluding diaryl/α,β-unsaturated/α-hetero) is 1. The third-order valence-corrected chi connectivity index (χ3v) is 2.74. The molecule has 0 aromatic rings. The molecule has 0 fully saturated rings. The van der Waals surface area contributed by atoms with Gasteiger partial charge in [-0.3, -0.25) is 14.4 Å². The first kappa shape index (κ1) is 16.6. The molecule has 5 nitrogen and oxygen atoms in total. The topological polar surface area (TPSA) is 83.5 Å². The summed E-state index contributed by atoms with van der Waals surface area (Å²) in [6.07, 6.45) is 4.18. The van der Waals surface area contributed by atoms with Gasteiger partial charge in [0, 0.05) is 18.9 Å². The monoisotopic (exact) mass is 257 g/mol. The lowest BCUT2D eigenvalue weighted by molar-refractivity contribution is -0.138. The van der Waals surface area contributed by atoms with Gasteiger partial charge in [-0.25, -0.2) is 0 Å². The fourth-order valence-corrected chi connectivity index (χ4v) is 1.73. The summed E-state index contributed by atoms with van der Waals surface area (Å²) in [7, 11) is 0. The number of aliphatic carboxylic acids is 1. The van der Waals surface area contributed by atoms with Gasteiger partial charge >= 0.3 is 5.97 Å². The number of carboxylic acid groups (broad SMARTS) is 1. The van der Waals surface area contributed by atoms with Crippen LogP contribution in [0.2, 0.25) is 0 Å². The first-order chi connectivity index (χ1) is 8.51. The van der Waals surface area contributed by atoms with E-state index in [2.05, 4.69) is 5.32 Å². The lowest BCUT2D eigenvalue weighted by Gasteiger charge is -2.17. The van der Waals surface area contributed by atoms with Crippen LogP contribution >= 0.6 is 0 Å². The van der Waals surface area contributed by atoms with Crippen LogP contribution in [0.25, 0.3) is 0 Å². The highest BCUT2D eigenvalue weighted by Gasteiger charge is 2.16. The zero-order valence-corrected chi connectivity index (χ0v) is 11.2. The second-order valence-electron chi connectivity index (χ2n) is 4.38. The molecular formula is C13H23NO4. The molecule has 0 aromatic heterocycles. The molecular weight excluding hydrogens is 234 g/mol. The number of carboxylic acids is 1. The second-order valence-corrected chi connectivity index (χ2v) is 4.38. The molecule has 0 aromatic carbocycles. The Hall–Kier alpha value is -1.39. The minimum absolute atomic E-state index is 0.0215. The van der Waals surface area contributed by atoms with E-state index in [1.165, 1.54) is 0 Å². The highest BCUT2D eigenvalue weighted by molar-refractivity contribution is 6.36. The molecule has 2 N–H and O–H groups in total. The lowest BCUT2D eigenvalue weighted by atomic mass is 10.0. The molecule has 104 valence electrons. The molecule has 0 aliphatic heterocycles. The Bertz CT molecular complexity index is 289. The first-order valence-corrected chi connectivity index (χ1v) is 6.56. The predicted octanol–water partition coefficient (Wildman–Crippen LogP) is 1.90. The highest BCUT2D eigenvalue weighted by atomic mass is 16.4. The van der Waals surface area contributed by atoms with Crippen LogP contribution in [0, 0.1) is 0 Å². The van der Waals surface area contributed by atoms with Gasteiger partial charge in [0.25, 0.3) is 5.91 Å². The molecule has 18 heavy (non-hydrogen) atoms. The van der Waals surface area contributed by atoms with Crippen molar-refractivity contribution in [2.45, 2.75) is 64.8 Å². The third-order valence-electron chi connectivity index (χ3n) is 2.74. The number of unbranched alkanes of at least 4 members (excludes halogenated alkanes) is 1. The molecule has 0 spiro atoms. The Morgan fingerprint density at radius 3 is 2.28 bits per heavy atom. The Kier molecular flexibility index (Phi) is 8.88. The smallest absolute Gasteiger partial charge is 0.303 e. The van der Waals surface area contributed by atoms with E-state index in [-0.39, 0.29) is 18.9 Å². The number of nitrogens with one attached hydrogen (secondary N) is 1. The van der Waals surface area contributed by atoms with Gasteiger partial charge in [0.2, 0.25) is 5.78 Å². The van der Waals surface area contributed by atoms with Crippen LogP contribution in [0.15, 0.2) is 0 Å². The Morgan fingerprint density at radius 2 is 1.78 bits per heavy atom. The van der Waals surface area contributed by atoms with Crippen molar-refractivity contribution in [3.8, 4) is 0 Å². The van der Waals surface area contributed by atoms with Crippen molar-refractivity contribution in [3.63, 3.8) is 0 Å². The predicted molar refractivity (Wildman–Crippen MR) is 68.2 cm³/mol. The van der Waals surface area contributed by atoms with Gasteiger partial charge in [-0.2, -0.15) is 0 Å². The van der Waals surface area contributed by atoms with E-state index in [1.807, 2.05) is 6.92 Å². The van der Waals surface area contributed by atoms with Crippen molar-refractivity contribution in [2.75, 3.05) is 0 Å². The normalized spacial score (nSPS) is 11.9. The number of amides is 1. The maximum atomic E-state index is 11.4. The Labute approximate surface area is 108 Å². The maximum Gasteiger partial charge on any atom is 0.303 e. The van der Waals surface area contributed by atoms with Gasteiger partial charge in [-0.05, 0) is 19.3 Å². The minimum Gasteiger partial charge on any atom is -0.481 e. The quantitative estimate of drug-likeness (QED) is 0.462. The molecule has 0 unspecified atom stereocenters. The van der Waals surface area contributed by atoms with Crippen molar-refractivity contribution in [2.24, 2.45) is 0 Å². The summed E-state index contributed by atoms with van der Waals surface area (Å²) in [6, 6.07) is -0.0215. The highest BCUT2D eigenvalue weighted by Crippen LogP contribution is 2.08. The van der Waals surface area contributed by atoms with Crippen LogP contribution in [-0.2, 0) is 14.4 Å². The van der Waals surface area contributed by atoms with E-state index in [9.17, 15) is 14.4 Å². The van der Waals surface area contributed by atoms with E-state index >= 15 is 0 Å². The summed E-state index contributed by atoms with van der Waals surface area (Å²) in [4.78, 5) is 33.0. The number of ketones is 1. The molecule has 0 aliphatic rings. The standard InChI is InChI=1S/C13H23NO4/c1-3-7-10(8-5-6-9-12(16)17)14-13(18)11(15)4-2/h10H,3-9H2,1-2H3,(H,14,18)(H,16,17)/t10-/m0/s1. The van der Waals surface area contributed by atoms with Gasteiger partial charge in [0.1, 0.15) is 0 Å². The number of carbonyl (C=O) groups is 3. The second kappa shape index (κ2) is 9.62. The van der Waals surface area contributed by atoms with E-state index in [1.54, 1.807) is 6.92 Å². The SMILES string of the molecule is CCC[C@@H](CCCCC(=O)O)NC(=O)C(=O)CC. The Morgan fingerprint density at radius 1 is 1.11 bits per heavy atom. The zero-order valence-electron chi connectivity index (χ0n) is 11.2. The molecule has 5 heteroatoms. The summed E-state index contributed by atoms with van der Waals surface area (Å²) in [5.41, 5.74) is 0. The van der Waals surface area contributed by atoms with Crippen LogP contribution in [0.5, 0.6) is 0 Å². The molecule has 1 amide bonds. The van der Waals surface area contributed by atoms with Crippen molar-refractivity contribution in [1.29, 1.82) is 0 Å². The third kappa shape index (κ3) is 7.81. The van der Waals surface area contributed by atoms with Gasteiger partial charge in [0.05, 0.1) is 0 Å². The first-order valence-electron chi connectivity index (χ1n) is 6.56. The van der Waals surface area contributed by atoms with Crippen LogP contribution in [-0.4, -0.2) is 28.8 Å². The zero-order chi connectivity index (χ0) is 14.0. The average Bonchev–Trinajstić information content (AvgIpc) is 2.33. The summed E-state index contributed by atoms with van der Waals surface area (Å²) in [5, 5.41) is 11.2. The average molecular weight is 257 g/mol. The van der Waals surface area contributed by atoms with Crippen LogP contribution in [0.4, 0.5) is 0 Å². The van der Waals surface area contributed by atoms with Crippen molar-refractivity contribution < 1.29 is 19.5 Å². The van der Waals surface area contributed by atoms with Crippen molar-refractivity contribution in [3.05, 3.63) is 0 Å². The van der Waals surface area contributed by atoms with Gasteiger partial charge < -0.3 is 10.4 Å². The number of hydrogen-bond donors (Lipinski definition) is 2. The van der Waals surface area contributed by atoms with E-state index in [0.29, 0.717) is 6.42 Å². The fraction of sp³-hybridized carbons (Fsp3) is 0.769. The number of carbonyl (C=O) groups excluding carboxylic acids is 2. The van der Waals surface area contributed by atoms with Crippen molar-refractivity contribution in [1.82, 2.24) is 5.32 Å². The Balaban J connectivity index is 4.02. The summed E-state index contributed by atoms with van der Waals surface area (Å²) < 4.78 is 0. The van der Waals surface area contributed by atoms with E-state index in [4.69, 9.17) is 5.11 Å². The molecule has 0 saturated carbocycles. The molecule has 0 radical (unpaired) electrons. The van der Waals surface area contributed by atoms with Gasteiger partial charge in [-0.1, -0.05) is 26.7 Å². The van der Waals surface area contributed by atoms with Crippen molar-refractivity contribution >= 4 is 17.7 Å².